The van der Waals surface area contributed by atoms with Gasteiger partial charge < -0.3 is 20.3 Å². The molecule has 220 valence electrons. The number of hydrogen-bond acceptors (Lipinski definition) is 8. The second-order valence-electron chi connectivity index (χ2n) is 11.2. The number of nitrogens with zero attached hydrogens (tertiary/aromatic N) is 4. The first-order valence-electron chi connectivity index (χ1n) is 14.9. The van der Waals surface area contributed by atoms with Gasteiger partial charge >= 0.3 is 0 Å². The van der Waals surface area contributed by atoms with Crippen LogP contribution in [-0.2, 0) is 0 Å². The molecule has 9 nitrogen and oxygen atoms in total. The summed E-state index contributed by atoms with van der Waals surface area (Å²) in [7, 11) is 0. The number of carbonyl (C=O) groups excluding carboxylic acids is 1. The molecule has 3 heterocycles. The summed E-state index contributed by atoms with van der Waals surface area (Å²) in [4.78, 5) is 37.5. The molecule has 0 bridgehead atoms. The number of rotatable bonds is 11. The van der Waals surface area contributed by atoms with Crippen molar-refractivity contribution in [3.05, 3.63) is 51.7 Å². The van der Waals surface area contributed by atoms with Crippen LogP contribution < -0.4 is 20.9 Å². The fourth-order valence-electron chi connectivity index (χ4n) is 6.38. The number of Topliss-reactive ketones (excluding diaryl/α,β-unsaturated/α-hetero) is 1. The van der Waals surface area contributed by atoms with Gasteiger partial charge in [0.05, 0.1) is 12.2 Å². The standard InChI is InChI=1S/C31H41FN6O3/c1-4-37(24-10-12-33-13-11-24)14-7-15-41-26-17-22(32)16-23(18-26)35-31-34-19-27-20(2)28(21(3)39)30(40)38(29(27)36-31)25-8-5-6-9-25/h16-19,24-25,33H,4-15H2,1-3H3,(H,34,35,36). The van der Waals surface area contributed by atoms with E-state index in [-0.39, 0.29) is 28.9 Å². The number of nitrogens with one attached hydrogen (secondary N) is 2. The monoisotopic (exact) mass is 564 g/mol. The smallest absolute Gasteiger partial charge is 0.263 e. The van der Waals surface area contributed by atoms with Gasteiger partial charge in [-0.15, -0.1) is 0 Å². The van der Waals surface area contributed by atoms with Gasteiger partial charge in [0.2, 0.25) is 5.95 Å². The number of benzene rings is 1. The van der Waals surface area contributed by atoms with Gasteiger partial charge in [0.1, 0.15) is 17.2 Å². The molecular formula is C31H41FN6O3. The third-order valence-electron chi connectivity index (χ3n) is 8.47. The van der Waals surface area contributed by atoms with Gasteiger partial charge in [-0.05, 0) is 77.2 Å². The van der Waals surface area contributed by atoms with Crippen molar-refractivity contribution >= 4 is 28.5 Å². The lowest BCUT2D eigenvalue weighted by molar-refractivity contribution is 0.101. The van der Waals surface area contributed by atoms with E-state index in [1.54, 1.807) is 23.8 Å². The molecule has 1 aromatic carbocycles. The van der Waals surface area contributed by atoms with Gasteiger partial charge in [-0.2, -0.15) is 4.98 Å². The number of aromatic nitrogens is 3. The molecule has 1 aliphatic heterocycles. The van der Waals surface area contributed by atoms with Crippen molar-refractivity contribution in [1.29, 1.82) is 0 Å². The molecule has 5 rings (SSSR count). The zero-order chi connectivity index (χ0) is 28.9. The molecule has 1 saturated carbocycles. The van der Waals surface area contributed by atoms with Crippen LogP contribution in [0.4, 0.5) is 16.0 Å². The minimum Gasteiger partial charge on any atom is -0.493 e. The highest BCUT2D eigenvalue weighted by Crippen LogP contribution is 2.32. The first-order valence-corrected chi connectivity index (χ1v) is 14.9. The number of hydrogen-bond donors (Lipinski definition) is 2. The van der Waals surface area contributed by atoms with E-state index in [1.807, 2.05) is 0 Å². The van der Waals surface area contributed by atoms with E-state index in [1.165, 1.54) is 31.9 Å². The van der Waals surface area contributed by atoms with Crippen molar-refractivity contribution in [2.45, 2.75) is 77.8 Å². The van der Waals surface area contributed by atoms with Gasteiger partial charge in [0, 0.05) is 48.0 Å². The van der Waals surface area contributed by atoms with Gasteiger partial charge in [0.25, 0.3) is 5.56 Å². The molecular weight excluding hydrogens is 523 g/mol. The Kier molecular flexibility index (Phi) is 9.29. The van der Waals surface area contributed by atoms with Crippen LogP contribution in [0, 0.1) is 12.7 Å². The van der Waals surface area contributed by atoms with Crippen LogP contribution in [0.1, 0.15) is 80.8 Å². The maximum atomic E-state index is 14.6. The maximum absolute atomic E-state index is 14.6. The van der Waals surface area contributed by atoms with Crippen LogP contribution in [0.5, 0.6) is 5.75 Å². The minimum atomic E-state index is -0.430. The van der Waals surface area contributed by atoms with Crippen LogP contribution in [0.25, 0.3) is 11.0 Å². The van der Waals surface area contributed by atoms with Crippen molar-refractivity contribution in [3.63, 3.8) is 0 Å². The third kappa shape index (κ3) is 6.59. The molecule has 2 N–H and O–H groups in total. The molecule has 2 fully saturated rings. The zero-order valence-corrected chi connectivity index (χ0v) is 24.3. The summed E-state index contributed by atoms with van der Waals surface area (Å²) in [6.45, 7) is 9.95. The van der Waals surface area contributed by atoms with E-state index >= 15 is 0 Å². The van der Waals surface area contributed by atoms with Crippen molar-refractivity contribution < 1.29 is 13.9 Å². The average molecular weight is 565 g/mol. The summed E-state index contributed by atoms with van der Waals surface area (Å²) in [5.41, 5.74) is 1.42. The molecule has 0 radical (unpaired) electrons. The van der Waals surface area contributed by atoms with Crippen LogP contribution in [0.2, 0.25) is 0 Å². The lowest BCUT2D eigenvalue weighted by Gasteiger charge is -2.33. The Bertz CT molecular complexity index is 1450. The number of carbonyl (C=O) groups is 1. The Morgan fingerprint density at radius 3 is 2.66 bits per heavy atom. The molecule has 10 heteroatoms. The molecule has 0 spiro atoms. The van der Waals surface area contributed by atoms with Crippen LogP contribution >= 0.6 is 0 Å². The summed E-state index contributed by atoms with van der Waals surface area (Å²) in [5.74, 6) is -0.0106. The third-order valence-corrected chi connectivity index (χ3v) is 8.47. The van der Waals surface area contributed by atoms with Crippen molar-refractivity contribution in [3.8, 4) is 5.75 Å². The van der Waals surface area contributed by atoms with E-state index in [0.29, 0.717) is 40.7 Å². The van der Waals surface area contributed by atoms with E-state index < -0.39 is 5.82 Å². The Morgan fingerprint density at radius 2 is 1.95 bits per heavy atom. The van der Waals surface area contributed by atoms with Crippen LogP contribution in [0.3, 0.4) is 0 Å². The number of fused-ring (bicyclic) bond motifs is 1. The van der Waals surface area contributed by atoms with E-state index in [9.17, 15) is 14.0 Å². The molecule has 0 atom stereocenters. The Morgan fingerprint density at radius 1 is 1.20 bits per heavy atom. The topological polar surface area (TPSA) is 101 Å². The quantitative estimate of drug-likeness (QED) is 0.244. The minimum absolute atomic E-state index is 0.0148. The fourth-order valence-corrected chi connectivity index (χ4v) is 6.38. The van der Waals surface area contributed by atoms with Gasteiger partial charge in [-0.25, -0.2) is 9.37 Å². The van der Waals surface area contributed by atoms with Gasteiger partial charge in [-0.1, -0.05) is 19.8 Å². The molecule has 2 aliphatic rings. The van der Waals surface area contributed by atoms with Crippen LogP contribution in [0.15, 0.2) is 29.2 Å². The zero-order valence-electron chi connectivity index (χ0n) is 24.3. The van der Waals surface area contributed by atoms with Crippen molar-refractivity contribution in [1.82, 2.24) is 24.8 Å². The summed E-state index contributed by atoms with van der Waals surface area (Å²) < 4.78 is 22.2. The lowest BCUT2D eigenvalue weighted by atomic mass is 10.0. The second kappa shape index (κ2) is 13.1. The molecule has 1 saturated heterocycles. The molecule has 41 heavy (non-hydrogen) atoms. The molecule has 0 unspecified atom stereocenters. The fraction of sp³-hybridized carbons (Fsp3) is 0.548. The highest BCUT2D eigenvalue weighted by molar-refractivity contribution is 5.99. The number of pyridine rings is 1. The van der Waals surface area contributed by atoms with Gasteiger partial charge in [-0.3, -0.25) is 14.2 Å². The Hall–Kier alpha value is -3.37. The van der Waals surface area contributed by atoms with E-state index in [2.05, 4.69) is 27.4 Å². The Labute approximate surface area is 240 Å². The van der Waals surface area contributed by atoms with Crippen molar-refractivity contribution in [2.75, 3.05) is 38.1 Å². The number of anilines is 2. The first-order chi connectivity index (χ1) is 19.9. The summed E-state index contributed by atoms with van der Waals surface area (Å²) >= 11 is 0. The predicted octanol–water partition coefficient (Wildman–Crippen LogP) is 5.14. The number of ketones is 1. The average Bonchev–Trinajstić information content (AvgIpc) is 3.48. The SMILES string of the molecule is CCN(CCCOc1cc(F)cc(Nc2ncc3c(C)c(C(C)=O)c(=O)n(C4CCCC4)c3n2)c1)C1CCNCC1. The highest BCUT2D eigenvalue weighted by atomic mass is 19.1. The van der Waals surface area contributed by atoms with Crippen molar-refractivity contribution in [2.24, 2.45) is 0 Å². The maximum Gasteiger partial charge on any atom is 0.263 e. The number of piperidine rings is 1. The Balaban J connectivity index is 1.32. The number of aryl methyl sites for hydroxylation is 1. The van der Waals surface area contributed by atoms with E-state index in [0.717, 1.165) is 58.3 Å². The van der Waals surface area contributed by atoms with E-state index in [4.69, 9.17) is 9.72 Å². The molecule has 2 aromatic heterocycles. The predicted molar refractivity (Wildman–Crippen MR) is 159 cm³/mol. The lowest BCUT2D eigenvalue weighted by Crippen LogP contribution is -2.43. The normalized spacial score (nSPS) is 16.5. The number of halogens is 1. The number of ether oxygens (including phenoxy) is 1. The second-order valence-corrected chi connectivity index (χ2v) is 11.2. The highest BCUT2D eigenvalue weighted by Gasteiger charge is 2.26. The molecule has 1 aliphatic carbocycles. The summed E-state index contributed by atoms with van der Waals surface area (Å²) in [5, 5.41) is 7.18. The summed E-state index contributed by atoms with van der Waals surface area (Å²) in [6, 6.07) is 5.07. The first kappa shape index (κ1) is 29.1. The van der Waals surface area contributed by atoms with Gasteiger partial charge in [0.15, 0.2) is 5.78 Å². The largest absolute Gasteiger partial charge is 0.493 e. The summed E-state index contributed by atoms with van der Waals surface area (Å²) in [6.07, 6.45) is 8.59. The molecule has 3 aromatic rings. The van der Waals surface area contributed by atoms with Crippen LogP contribution in [-0.4, -0.2) is 64.0 Å². The molecule has 0 amide bonds.